The van der Waals surface area contributed by atoms with Crippen molar-refractivity contribution in [2.75, 3.05) is 11.1 Å². The minimum absolute atomic E-state index is 0.389. The van der Waals surface area contributed by atoms with E-state index in [2.05, 4.69) is 60.5 Å². The second-order valence-corrected chi connectivity index (χ2v) is 7.22. The highest BCUT2D eigenvalue weighted by Gasteiger charge is 2.30. The van der Waals surface area contributed by atoms with Gasteiger partial charge in [-0.25, -0.2) is 4.98 Å². The minimum atomic E-state index is 0.389. The van der Waals surface area contributed by atoms with Gasteiger partial charge in [0.1, 0.15) is 0 Å². The molecule has 0 spiro atoms. The molecular weight excluding hydrogens is 230 g/mol. The summed E-state index contributed by atoms with van der Waals surface area (Å²) in [6.07, 6.45) is 4.83. The molecule has 1 unspecified atom stereocenters. The van der Waals surface area contributed by atoms with Crippen LogP contribution in [0.2, 0.25) is 0 Å². The number of nitrogens with zero attached hydrogens (tertiary/aromatic N) is 2. The maximum atomic E-state index is 4.57. The molecule has 1 fully saturated rings. The lowest BCUT2D eigenvalue weighted by Gasteiger charge is -2.24. The van der Waals surface area contributed by atoms with E-state index < -0.39 is 0 Å². The molecule has 0 amide bonds. The van der Waals surface area contributed by atoms with Crippen LogP contribution in [0.15, 0.2) is 6.20 Å². The van der Waals surface area contributed by atoms with Crippen LogP contribution in [0.1, 0.15) is 39.3 Å². The van der Waals surface area contributed by atoms with Crippen LogP contribution in [0.4, 0.5) is 5.95 Å². The van der Waals surface area contributed by atoms with Crippen LogP contribution < -0.4 is 5.32 Å². The van der Waals surface area contributed by atoms with Crippen LogP contribution in [0.3, 0.4) is 0 Å². The van der Waals surface area contributed by atoms with Crippen molar-refractivity contribution in [3.05, 3.63) is 11.9 Å². The number of nitrogens with one attached hydrogen (secondary N) is 1. The molecule has 0 bridgehead atoms. The summed E-state index contributed by atoms with van der Waals surface area (Å²) in [5, 5.41) is 3.43. The summed E-state index contributed by atoms with van der Waals surface area (Å²) < 4.78 is 2.67. The summed E-state index contributed by atoms with van der Waals surface area (Å²) in [6.45, 7) is 9.81. The Morgan fingerprint density at radius 1 is 1.59 bits per heavy atom. The Balaban J connectivity index is 2.14. The van der Waals surface area contributed by atoms with E-state index in [1.54, 1.807) is 0 Å². The molecule has 17 heavy (non-hydrogen) atoms. The third kappa shape index (κ3) is 3.18. The number of aryl methyl sites for hydroxylation is 1. The zero-order valence-corrected chi connectivity index (χ0v) is 12.1. The largest absolute Gasteiger partial charge is 0.353 e. The van der Waals surface area contributed by atoms with E-state index in [0.29, 0.717) is 10.8 Å². The maximum Gasteiger partial charge on any atom is 0.203 e. The molecule has 1 aromatic rings. The van der Waals surface area contributed by atoms with E-state index in [1.807, 2.05) is 0 Å². The average molecular weight is 253 g/mol. The predicted octanol–water partition coefficient (Wildman–Crippen LogP) is 3.30. The van der Waals surface area contributed by atoms with Gasteiger partial charge in [-0.3, -0.25) is 0 Å². The zero-order valence-electron chi connectivity index (χ0n) is 11.3. The van der Waals surface area contributed by atoms with Gasteiger partial charge < -0.3 is 9.88 Å². The highest BCUT2D eigenvalue weighted by Crippen LogP contribution is 2.39. The number of imidazole rings is 1. The van der Waals surface area contributed by atoms with E-state index in [0.717, 1.165) is 18.2 Å². The highest BCUT2D eigenvalue weighted by atomic mass is 32.2. The number of hydrogen-bond donors (Lipinski definition) is 1. The van der Waals surface area contributed by atoms with Gasteiger partial charge in [-0.1, -0.05) is 0 Å². The van der Waals surface area contributed by atoms with Crippen molar-refractivity contribution in [1.82, 2.24) is 9.55 Å². The molecule has 0 aliphatic carbocycles. The van der Waals surface area contributed by atoms with Gasteiger partial charge in [0.2, 0.25) is 5.95 Å². The first-order valence-corrected chi connectivity index (χ1v) is 7.41. The number of hydrogen-bond acceptors (Lipinski definition) is 3. The second kappa shape index (κ2) is 4.92. The molecular formula is C13H23N3S. The monoisotopic (exact) mass is 253 g/mol. The van der Waals surface area contributed by atoms with Gasteiger partial charge in [0.15, 0.2) is 0 Å². The van der Waals surface area contributed by atoms with Gasteiger partial charge in [-0.05, 0) is 46.3 Å². The van der Waals surface area contributed by atoms with Crippen LogP contribution in [0, 0.1) is 6.92 Å². The molecule has 2 rings (SSSR count). The molecule has 0 saturated carbocycles. The fourth-order valence-electron chi connectivity index (χ4n) is 2.36. The smallest absolute Gasteiger partial charge is 0.203 e. The van der Waals surface area contributed by atoms with Crippen molar-refractivity contribution in [2.24, 2.45) is 0 Å². The van der Waals surface area contributed by atoms with E-state index >= 15 is 0 Å². The molecule has 1 aliphatic heterocycles. The normalized spacial score (nSPS) is 24.5. The molecule has 1 aliphatic rings. The van der Waals surface area contributed by atoms with Crippen molar-refractivity contribution in [3.8, 4) is 0 Å². The summed E-state index contributed by atoms with van der Waals surface area (Å²) in [7, 11) is 0. The van der Waals surface area contributed by atoms with E-state index in [9.17, 15) is 0 Å². The van der Waals surface area contributed by atoms with Gasteiger partial charge in [0.25, 0.3) is 0 Å². The quantitative estimate of drug-likeness (QED) is 0.893. The van der Waals surface area contributed by atoms with Gasteiger partial charge in [0, 0.05) is 23.5 Å². The van der Waals surface area contributed by atoms with Crippen LogP contribution in [0.25, 0.3) is 0 Å². The van der Waals surface area contributed by atoms with Crippen LogP contribution >= 0.6 is 11.8 Å². The molecule has 2 heterocycles. The summed E-state index contributed by atoms with van der Waals surface area (Å²) in [4.78, 5) is 4.57. The number of thioether (sulfide) groups is 1. The minimum Gasteiger partial charge on any atom is -0.353 e. The lowest BCUT2D eigenvalue weighted by atomic mass is 10.1. The van der Waals surface area contributed by atoms with E-state index in [1.165, 1.54) is 18.6 Å². The molecule has 1 N–H and O–H groups in total. The molecule has 4 heteroatoms. The Morgan fingerprint density at radius 3 is 2.94 bits per heavy atom. The Hall–Kier alpha value is -0.640. The number of rotatable bonds is 4. The Morgan fingerprint density at radius 2 is 2.35 bits per heavy atom. The van der Waals surface area contributed by atoms with Crippen LogP contribution in [0.5, 0.6) is 0 Å². The third-order valence-electron chi connectivity index (χ3n) is 3.12. The first kappa shape index (κ1) is 12.8. The van der Waals surface area contributed by atoms with Crippen molar-refractivity contribution in [1.29, 1.82) is 0 Å². The van der Waals surface area contributed by atoms with Crippen molar-refractivity contribution in [2.45, 2.75) is 57.9 Å². The molecule has 96 valence electrons. The van der Waals surface area contributed by atoms with Gasteiger partial charge in [-0.15, -0.1) is 0 Å². The topological polar surface area (TPSA) is 29.9 Å². The summed E-state index contributed by atoms with van der Waals surface area (Å²) >= 11 is 2.10. The van der Waals surface area contributed by atoms with Crippen molar-refractivity contribution in [3.63, 3.8) is 0 Å². The SMILES string of the molecule is Cc1cn(CC2(C)CCCS2)c(NC(C)C)n1. The molecule has 0 aromatic carbocycles. The molecule has 1 atom stereocenters. The summed E-state index contributed by atoms with van der Waals surface area (Å²) in [6, 6.07) is 0.430. The fraction of sp³-hybridized carbons (Fsp3) is 0.769. The number of anilines is 1. The van der Waals surface area contributed by atoms with Crippen molar-refractivity contribution >= 4 is 17.7 Å². The lowest BCUT2D eigenvalue weighted by Crippen LogP contribution is -2.25. The molecule has 1 aromatic heterocycles. The number of aromatic nitrogens is 2. The van der Waals surface area contributed by atoms with Gasteiger partial charge in [0.05, 0.1) is 5.69 Å². The molecule has 0 radical (unpaired) electrons. The van der Waals surface area contributed by atoms with Gasteiger partial charge >= 0.3 is 0 Å². The standard InChI is InChI=1S/C13H23N3S/c1-10(2)14-12-15-11(3)8-16(12)9-13(4)6-5-7-17-13/h8,10H,5-7,9H2,1-4H3,(H,14,15). The van der Waals surface area contributed by atoms with Gasteiger partial charge in [-0.2, -0.15) is 11.8 Å². The predicted molar refractivity (Wildman–Crippen MR) is 75.8 cm³/mol. The second-order valence-electron chi connectivity index (χ2n) is 5.53. The molecule has 1 saturated heterocycles. The van der Waals surface area contributed by atoms with E-state index in [4.69, 9.17) is 0 Å². The summed E-state index contributed by atoms with van der Waals surface area (Å²) in [5.74, 6) is 2.32. The first-order valence-electron chi connectivity index (χ1n) is 6.43. The zero-order chi connectivity index (χ0) is 12.5. The lowest BCUT2D eigenvalue weighted by molar-refractivity contribution is 0.512. The average Bonchev–Trinajstić information content (AvgIpc) is 2.74. The van der Waals surface area contributed by atoms with Crippen LogP contribution in [-0.2, 0) is 6.54 Å². The Labute approximate surface area is 108 Å². The Bertz CT molecular complexity index is 378. The van der Waals surface area contributed by atoms with Crippen LogP contribution in [-0.4, -0.2) is 26.1 Å². The van der Waals surface area contributed by atoms with E-state index in [-0.39, 0.29) is 0 Å². The fourth-order valence-corrected chi connectivity index (χ4v) is 3.66. The summed E-state index contributed by atoms with van der Waals surface area (Å²) in [5.41, 5.74) is 1.10. The van der Waals surface area contributed by atoms with Crippen molar-refractivity contribution < 1.29 is 0 Å². The Kier molecular flexibility index (Phi) is 3.71. The molecule has 3 nitrogen and oxygen atoms in total. The first-order chi connectivity index (χ1) is 7.98. The maximum absolute atomic E-state index is 4.57. The highest BCUT2D eigenvalue weighted by molar-refractivity contribution is 8.00. The third-order valence-corrected chi connectivity index (χ3v) is 4.64.